The van der Waals surface area contributed by atoms with Gasteiger partial charge in [-0.25, -0.2) is 0 Å². The molecule has 0 amide bonds. The zero-order valence-corrected chi connectivity index (χ0v) is 13.2. The lowest BCUT2D eigenvalue weighted by Crippen LogP contribution is -2.32. The van der Waals surface area contributed by atoms with Crippen LogP contribution in [0.4, 0.5) is 0 Å². The Morgan fingerprint density at radius 2 is 1.90 bits per heavy atom. The third-order valence-electron chi connectivity index (χ3n) is 3.32. The Labute approximate surface area is 123 Å². The second-order valence-corrected chi connectivity index (χ2v) is 5.38. The molecule has 0 aliphatic carbocycles. The Morgan fingerprint density at radius 1 is 1.15 bits per heavy atom. The molecule has 114 valence electrons. The van der Waals surface area contributed by atoms with E-state index in [-0.39, 0.29) is 6.61 Å². The minimum absolute atomic E-state index is 0.0719. The molecule has 0 unspecified atom stereocenters. The van der Waals surface area contributed by atoms with Gasteiger partial charge in [-0.15, -0.1) is 0 Å². The molecule has 1 rings (SSSR count). The van der Waals surface area contributed by atoms with E-state index in [1.54, 1.807) is 7.11 Å². The molecule has 1 aromatic carbocycles. The quantitative estimate of drug-likeness (QED) is 0.750. The monoisotopic (exact) mass is 280 g/mol. The van der Waals surface area contributed by atoms with Crippen molar-refractivity contribution in [3.05, 3.63) is 29.3 Å². The zero-order valence-electron chi connectivity index (χ0n) is 13.2. The number of methoxy groups -OCH3 is 1. The lowest BCUT2D eigenvalue weighted by molar-refractivity contribution is 0.231. The minimum atomic E-state index is 0.0719. The average molecular weight is 280 g/mol. The summed E-state index contributed by atoms with van der Waals surface area (Å²) in [6, 6.07) is 5.89. The molecule has 0 heterocycles. The summed E-state index contributed by atoms with van der Waals surface area (Å²) in [6.07, 6.45) is 1.13. The van der Waals surface area contributed by atoms with Gasteiger partial charge in [0, 0.05) is 25.2 Å². The summed E-state index contributed by atoms with van der Waals surface area (Å²) in [4.78, 5) is 4.63. The Balaban J connectivity index is 2.79. The van der Waals surface area contributed by atoms with Gasteiger partial charge in [0.05, 0.1) is 13.7 Å². The highest BCUT2D eigenvalue weighted by molar-refractivity contribution is 5.37. The first kappa shape index (κ1) is 17.0. The largest absolute Gasteiger partial charge is 0.496 e. The van der Waals surface area contributed by atoms with Gasteiger partial charge in [0.2, 0.25) is 0 Å². The molecule has 4 nitrogen and oxygen atoms in total. The van der Waals surface area contributed by atoms with Crippen molar-refractivity contribution >= 4 is 0 Å². The summed E-state index contributed by atoms with van der Waals surface area (Å²) in [7, 11) is 5.88. The summed E-state index contributed by atoms with van der Waals surface area (Å²) in [5.74, 6) is 0.896. The number of likely N-dealkylation sites (N-methyl/N-ethyl adjacent to an activating group) is 1. The third-order valence-corrected chi connectivity index (χ3v) is 3.32. The lowest BCUT2D eigenvalue weighted by Gasteiger charge is -2.24. The van der Waals surface area contributed by atoms with E-state index in [9.17, 15) is 5.11 Å². The Kier molecular flexibility index (Phi) is 7.59. The number of benzene rings is 1. The number of ether oxygens (including phenoxy) is 1. The molecule has 0 saturated heterocycles. The van der Waals surface area contributed by atoms with Crippen molar-refractivity contribution < 1.29 is 9.84 Å². The van der Waals surface area contributed by atoms with Gasteiger partial charge in [0.1, 0.15) is 5.75 Å². The van der Waals surface area contributed by atoms with E-state index < -0.39 is 0 Å². The first-order chi connectivity index (χ1) is 9.60. The van der Waals surface area contributed by atoms with Crippen molar-refractivity contribution in [2.24, 2.45) is 0 Å². The van der Waals surface area contributed by atoms with Gasteiger partial charge < -0.3 is 14.7 Å². The van der Waals surface area contributed by atoms with Crippen molar-refractivity contribution in [2.75, 3.05) is 40.8 Å². The molecule has 0 atom stereocenters. The first-order valence-corrected chi connectivity index (χ1v) is 7.24. The predicted molar refractivity (Wildman–Crippen MR) is 83.0 cm³/mol. The summed E-state index contributed by atoms with van der Waals surface area (Å²) in [6.45, 7) is 6.28. The summed E-state index contributed by atoms with van der Waals surface area (Å²) < 4.78 is 5.43. The molecule has 1 N–H and O–H groups in total. The number of hydrogen-bond donors (Lipinski definition) is 1. The average Bonchev–Trinajstić information content (AvgIpc) is 2.44. The molecule has 0 aliphatic rings. The normalized spacial score (nSPS) is 11.3. The molecule has 0 aromatic heterocycles. The minimum Gasteiger partial charge on any atom is -0.496 e. The fraction of sp³-hybridized carbons (Fsp3) is 0.625. The fourth-order valence-corrected chi connectivity index (χ4v) is 2.22. The highest BCUT2D eigenvalue weighted by Gasteiger charge is 2.10. The Hall–Kier alpha value is -1.10. The van der Waals surface area contributed by atoms with E-state index in [2.05, 4.69) is 30.8 Å². The van der Waals surface area contributed by atoms with Crippen LogP contribution in [0.15, 0.2) is 18.2 Å². The molecule has 4 heteroatoms. The van der Waals surface area contributed by atoms with Crippen LogP contribution in [0, 0.1) is 0 Å². The van der Waals surface area contributed by atoms with Gasteiger partial charge >= 0.3 is 0 Å². The predicted octanol–water partition coefficient (Wildman–Crippen LogP) is 1.96. The molecule has 0 aliphatic heterocycles. The van der Waals surface area contributed by atoms with E-state index in [1.165, 1.54) is 0 Å². The highest BCUT2D eigenvalue weighted by atomic mass is 16.5. The molecular weight excluding hydrogens is 252 g/mol. The van der Waals surface area contributed by atoms with Crippen LogP contribution >= 0.6 is 0 Å². The van der Waals surface area contributed by atoms with Crippen LogP contribution in [0.5, 0.6) is 5.75 Å². The molecular formula is C16H28N2O2. The van der Waals surface area contributed by atoms with Crippen molar-refractivity contribution in [3.8, 4) is 5.75 Å². The second-order valence-electron chi connectivity index (χ2n) is 5.38. The lowest BCUT2D eigenvalue weighted by atomic mass is 10.1. The van der Waals surface area contributed by atoms with Crippen LogP contribution in [-0.2, 0) is 13.2 Å². The Morgan fingerprint density at radius 3 is 2.45 bits per heavy atom. The maximum absolute atomic E-state index is 9.28. The van der Waals surface area contributed by atoms with Gasteiger partial charge in [-0.3, -0.25) is 4.90 Å². The van der Waals surface area contributed by atoms with Crippen LogP contribution in [0.1, 0.15) is 24.5 Å². The highest BCUT2D eigenvalue weighted by Crippen LogP contribution is 2.21. The molecule has 1 aromatic rings. The van der Waals surface area contributed by atoms with Crippen molar-refractivity contribution in [2.45, 2.75) is 26.5 Å². The molecule has 0 fully saturated rings. The fourth-order valence-electron chi connectivity index (χ4n) is 2.22. The molecule has 0 saturated carbocycles. The van der Waals surface area contributed by atoms with Gasteiger partial charge in [-0.1, -0.05) is 13.0 Å². The van der Waals surface area contributed by atoms with E-state index in [1.807, 2.05) is 18.2 Å². The van der Waals surface area contributed by atoms with Gasteiger partial charge in [0.15, 0.2) is 0 Å². The number of aliphatic hydroxyl groups is 1. The van der Waals surface area contributed by atoms with Crippen LogP contribution in [0.3, 0.4) is 0 Å². The summed E-state index contributed by atoms with van der Waals surface area (Å²) >= 11 is 0. The van der Waals surface area contributed by atoms with Crippen LogP contribution < -0.4 is 4.74 Å². The van der Waals surface area contributed by atoms with Gasteiger partial charge in [-0.2, -0.15) is 0 Å². The first-order valence-electron chi connectivity index (χ1n) is 7.24. The standard InChI is InChI=1S/C16H28N2O2/c1-5-8-18(10-9-17(2)3)12-15-11-14(13-19)6-7-16(15)20-4/h6-7,11,19H,5,8-10,12-13H2,1-4H3. The van der Waals surface area contributed by atoms with Crippen molar-refractivity contribution in [1.82, 2.24) is 9.80 Å². The Bertz CT molecular complexity index is 394. The van der Waals surface area contributed by atoms with E-state index in [0.717, 1.165) is 49.5 Å². The van der Waals surface area contributed by atoms with Gasteiger partial charge in [0.25, 0.3) is 0 Å². The molecule has 20 heavy (non-hydrogen) atoms. The summed E-state index contributed by atoms with van der Waals surface area (Å²) in [5.41, 5.74) is 2.08. The zero-order chi connectivity index (χ0) is 15.0. The van der Waals surface area contributed by atoms with Crippen molar-refractivity contribution in [1.29, 1.82) is 0 Å². The number of rotatable bonds is 9. The number of nitrogens with zero attached hydrogens (tertiary/aromatic N) is 2. The van der Waals surface area contributed by atoms with E-state index in [4.69, 9.17) is 4.74 Å². The van der Waals surface area contributed by atoms with E-state index in [0.29, 0.717) is 0 Å². The third kappa shape index (κ3) is 5.49. The molecule has 0 spiro atoms. The topological polar surface area (TPSA) is 35.9 Å². The van der Waals surface area contributed by atoms with Gasteiger partial charge in [-0.05, 0) is 44.8 Å². The maximum Gasteiger partial charge on any atom is 0.123 e. The number of aliphatic hydroxyl groups excluding tert-OH is 1. The van der Waals surface area contributed by atoms with Crippen LogP contribution in [0.2, 0.25) is 0 Å². The summed E-state index contributed by atoms with van der Waals surface area (Å²) in [5, 5.41) is 9.28. The second kappa shape index (κ2) is 8.95. The maximum atomic E-state index is 9.28. The van der Waals surface area contributed by atoms with Crippen LogP contribution in [0.25, 0.3) is 0 Å². The SMILES string of the molecule is CCCN(CCN(C)C)Cc1cc(CO)ccc1OC. The number of hydrogen-bond acceptors (Lipinski definition) is 4. The molecule has 0 bridgehead atoms. The van der Waals surface area contributed by atoms with Crippen molar-refractivity contribution in [3.63, 3.8) is 0 Å². The van der Waals surface area contributed by atoms with E-state index >= 15 is 0 Å². The van der Waals surface area contributed by atoms with Crippen LogP contribution in [-0.4, -0.2) is 55.7 Å². The smallest absolute Gasteiger partial charge is 0.123 e. The molecule has 0 radical (unpaired) electrons.